The minimum atomic E-state index is 0.358. The number of aryl methyl sites for hydroxylation is 2. The Balaban J connectivity index is 2.61. The first-order chi connectivity index (χ1) is 6.75. The maximum atomic E-state index is 9.80. The minimum Gasteiger partial charge on any atom is -0.491 e. The SMILES string of the molecule is Cc1cccc(C)c1OCCN=C=O. The third-order valence-electron chi connectivity index (χ3n) is 1.92. The van der Waals surface area contributed by atoms with Crippen LogP contribution in [-0.4, -0.2) is 19.2 Å². The maximum absolute atomic E-state index is 9.80. The Morgan fingerprint density at radius 1 is 1.36 bits per heavy atom. The number of rotatable bonds is 4. The molecule has 1 rings (SSSR count). The van der Waals surface area contributed by atoms with E-state index in [1.54, 1.807) is 0 Å². The molecule has 1 aromatic carbocycles. The van der Waals surface area contributed by atoms with Crippen molar-refractivity contribution in [2.24, 2.45) is 4.99 Å². The summed E-state index contributed by atoms with van der Waals surface area (Å²) in [6.45, 7) is 4.76. The first-order valence-electron chi connectivity index (χ1n) is 4.48. The summed E-state index contributed by atoms with van der Waals surface area (Å²) in [6, 6.07) is 5.97. The van der Waals surface area contributed by atoms with Gasteiger partial charge in [-0.3, -0.25) is 0 Å². The zero-order chi connectivity index (χ0) is 10.4. The summed E-state index contributed by atoms with van der Waals surface area (Å²) in [4.78, 5) is 13.2. The molecule has 0 aliphatic rings. The summed E-state index contributed by atoms with van der Waals surface area (Å²) in [6.07, 6.45) is 1.48. The highest BCUT2D eigenvalue weighted by atomic mass is 16.5. The van der Waals surface area contributed by atoms with Crippen molar-refractivity contribution in [1.29, 1.82) is 0 Å². The van der Waals surface area contributed by atoms with E-state index in [1.807, 2.05) is 32.0 Å². The van der Waals surface area contributed by atoms with Crippen molar-refractivity contribution in [2.75, 3.05) is 13.2 Å². The molecule has 0 saturated heterocycles. The second-order valence-corrected chi connectivity index (χ2v) is 3.04. The van der Waals surface area contributed by atoms with Crippen LogP contribution in [0.1, 0.15) is 11.1 Å². The van der Waals surface area contributed by atoms with Crippen molar-refractivity contribution in [3.05, 3.63) is 29.3 Å². The van der Waals surface area contributed by atoms with Crippen LogP contribution in [0.25, 0.3) is 0 Å². The van der Waals surface area contributed by atoms with Gasteiger partial charge in [-0.15, -0.1) is 0 Å². The molecule has 0 bridgehead atoms. The van der Waals surface area contributed by atoms with Crippen LogP contribution in [0.15, 0.2) is 23.2 Å². The monoisotopic (exact) mass is 191 g/mol. The topological polar surface area (TPSA) is 38.7 Å². The Morgan fingerprint density at radius 2 is 2.00 bits per heavy atom. The first kappa shape index (κ1) is 10.5. The quantitative estimate of drug-likeness (QED) is 0.415. The van der Waals surface area contributed by atoms with Gasteiger partial charge in [-0.2, -0.15) is 0 Å². The van der Waals surface area contributed by atoms with Crippen molar-refractivity contribution in [3.8, 4) is 5.75 Å². The molecule has 0 fully saturated rings. The highest BCUT2D eigenvalue weighted by Crippen LogP contribution is 2.21. The Hall–Kier alpha value is -1.60. The number of hydrogen-bond donors (Lipinski definition) is 0. The molecule has 0 aromatic heterocycles. The second kappa shape index (κ2) is 5.20. The van der Waals surface area contributed by atoms with Gasteiger partial charge >= 0.3 is 0 Å². The van der Waals surface area contributed by atoms with E-state index in [4.69, 9.17) is 4.74 Å². The van der Waals surface area contributed by atoms with Crippen molar-refractivity contribution in [3.63, 3.8) is 0 Å². The Kier molecular flexibility index (Phi) is 3.89. The molecule has 0 atom stereocenters. The number of isocyanates is 1. The standard InChI is InChI=1S/C11H13NO2/c1-9-4-3-5-10(2)11(9)14-7-6-12-8-13/h3-5H,6-7H2,1-2H3. The van der Waals surface area contributed by atoms with E-state index in [1.165, 1.54) is 6.08 Å². The lowest BCUT2D eigenvalue weighted by Crippen LogP contribution is -2.03. The van der Waals surface area contributed by atoms with Crippen LogP contribution in [0.3, 0.4) is 0 Å². The van der Waals surface area contributed by atoms with E-state index in [2.05, 4.69) is 4.99 Å². The summed E-state index contributed by atoms with van der Waals surface area (Å²) >= 11 is 0. The largest absolute Gasteiger partial charge is 0.491 e. The molecule has 0 N–H and O–H groups in total. The highest BCUT2D eigenvalue weighted by molar-refractivity contribution is 5.39. The van der Waals surface area contributed by atoms with Gasteiger partial charge in [0.1, 0.15) is 12.4 Å². The fourth-order valence-corrected chi connectivity index (χ4v) is 1.27. The van der Waals surface area contributed by atoms with Crippen LogP contribution in [0.4, 0.5) is 0 Å². The molecule has 14 heavy (non-hydrogen) atoms. The van der Waals surface area contributed by atoms with Gasteiger partial charge in [-0.25, -0.2) is 9.79 Å². The van der Waals surface area contributed by atoms with E-state index in [0.717, 1.165) is 16.9 Å². The van der Waals surface area contributed by atoms with Crippen molar-refractivity contribution in [1.82, 2.24) is 0 Å². The molecular formula is C11H13NO2. The average Bonchev–Trinajstić information content (AvgIpc) is 2.16. The van der Waals surface area contributed by atoms with Gasteiger partial charge in [0.05, 0.1) is 6.54 Å². The zero-order valence-corrected chi connectivity index (χ0v) is 8.41. The molecule has 0 radical (unpaired) electrons. The van der Waals surface area contributed by atoms with Crippen LogP contribution < -0.4 is 4.74 Å². The molecule has 0 saturated carbocycles. The second-order valence-electron chi connectivity index (χ2n) is 3.04. The summed E-state index contributed by atoms with van der Waals surface area (Å²) in [5, 5.41) is 0. The van der Waals surface area contributed by atoms with E-state index in [-0.39, 0.29) is 0 Å². The molecule has 0 spiro atoms. The van der Waals surface area contributed by atoms with Crippen LogP contribution >= 0.6 is 0 Å². The molecule has 0 unspecified atom stereocenters. The van der Waals surface area contributed by atoms with Gasteiger partial charge in [0.15, 0.2) is 0 Å². The number of para-hydroxylation sites is 1. The fourth-order valence-electron chi connectivity index (χ4n) is 1.27. The lowest BCUT2D eigenvalue weighted by Gasteiger charge is -2.10. The van der Waals surface area contributed by atoms with Gasteiger partial charge in [0, 0.05) is 0 Å². The van der Waals surface area contributed by atoms with Crippen molar-refractivity contribution < 1.29 is 9.53 Å². The lowest BCUT2D eigenvalue weighted by molar-refractivity contribution is 0.324. The number of hydrogen-bond acceptors (Lipinski definition) is 3. The Labute approximate surface area is 83.4 Å². The number of carbonyl (C=O) groups excluding carboxylic acids is 1. The smallest absolute Gasteiger partial charge is 0.235 e. The molecule has 74 valence electrons. The molecular weight excluding hydrogens is 178 g/mol. The molecule has 3 heteroatoms. The van der Waals surface area contributed by atoms with Crippen molar-refractivity contribution >= 4 is 6.08 Å². The van der Waals surface area contributed by atoms with Gasteiger partial charge < -0.3 is 4.74 Å². The number of aliphatic imine (C=N–C) groups is 1. The van der Waals surface area contributed by atoms with Crippen LogP contribution in [0.5, 0.6) is 5.75 Å². The lowest BCUT2D eigenvalue weighted by atomic mass is 10.1. The predicted octanol–water partition coefficient (Wildman–Crippen LogP) is 2.02. The fraction of sp³-hybridized carbons (Fsp3) is 0.364. The Morgan fingerprint density at radius 3 is 2.57 bits per heavy atom. The number of nitrogens with zero attached hydrogens (tertiary/aromatic N) is 1. The summed E-state index contributed by atoms with van der Waals surface area (Å²) < 4.78 is 5.50. The third-order valence-corrected chi connectivity index (χ3v) is 1.92. The Bertz CT molecular complexity index is 334. The van der Waals surface area contributed by atoms with E-state index < -0.39 is 0 Å². The van der Waals surface area contributed by atoms with E-state index >= 15 is 0 Å². The van der Waals surface area contributed by atoms with E-state index in [0.29, 0.717) is 13.2 Å². The van der Waals surface area contributed by atoms with Gasteiger partial charge in [0.25, 0.3) is 0 Å². The molecule has 0 aliphatic heterocycles. The van der Waals surface area contributed by atoms with Gasteiger partial charge in [0.2, 0.25) is 6.08 Å². The average molecular weight is 191 g/mol. The van der Waals surface area contributed by atoms with Crippen LogP contribution in [0, 0.1) is 13.8 Å². The normalized spacial score (nSPS) is 9.29. The summed E-state index contributed by atoms with van der Waals surface area (Å²) in [7, 11) is 0. The third kappa shape index (κ3) is 2.71. The molecule has 3 nitrogen and oxygen atoms in total. The molecule has 0 heterocycles. The van der Waals surface area contributed by atoms with E-state index in [9.17, 15) is 4.79 Å². The minimum absolute atomic E-state index is 0.358. The first-order valence-corrected chi connectivity index (χ1v) is 4.48. The van der Waals surface area contributed by atoms with Crippen LogP contribution in [-0.2, 0) is 4.79 Å². The maximum Gasteiger partial charge on any atom is 0.235 e. The number of ether oxygens (including phenoxy) is 1. The number of benzene rings is 1. The van der Waals surface area contributed by atoms with Gasteiger partial charge in [-0.05, 0) is 25.0 Å². The van der Waals surface area contributed by atoms with Gasteiger partial charge in [-0.1, -0.05) is 18.2 Å². The molecule has 1 aromatic rings. The van der Waals surface area contributed by atoms with Crippen LogP contribution in [0.2, 0.25) is 0 Å². The molecule has 0 amide bonds. The highest BCUT2D eigenvalue weighted by Gasteiger charge is 2.01. The zero-order valence-electron chi connectivity index (χ0n) is 8.41. The summed E-state index contributed by atoms with van der Waals surface area (Å²) in [5.41, 5.74) is 2.19. The molecule has 0 aliphatic carbocycles. The predicted molar refractivity (Wildman–Crippen MR) is 54.4 cm³/mol. The van der Waals surface area contributed by atoms with Crippen molar-refractivity contribution in [2.45, 2.75) is 13.8 Å². The summed E-state index contributed by atoms with van der Waals surface area (Å²) in [5.74, 6) is 0.883.